The van der Waals surface area contributed by atoms with Crippen LogP contribution in [0, 0.1) is 5.92 Å². The molecule has 6 nitrogen and oxygen atoms in total. The van der Waals surface area contributed by atoms with Crippen molar-refractivity contribution in [1.29, 1.82) is 0 Å². The Kier molecular flexibility index (Phi) is 7.83. The molecule has 1 aromatic rings. The third-order valence-electron chi connectivity index (χ3n) is 5.86. The summed E-state index contributed by atoms with van der Waals surface area (Å²) in [4.78, 5) is 9.41. The fraction of sp³-hybridized carbons (Fsp3) is 0.682. The number of benzene rings is 1. The Labute approximate surface area is 170 Å². The van der Waals surface area contributed by atoms with Crippen molar-refractivity contribution in [2.24, 2.45) is 10.9 Å². The first-order chi connectivity index (χ1) is 13.7. The molecule has 2 fully saturated rings. The molecule has 3 rings (SSSR count). The molecule has 2 saturated heterocycles. The lowest BCUT2D eigenvalue weighted by molar-refractivity contribution is 0.182. The minimum atomic E-state index is 0.402. The van der Waals surface area contributed by atoms with E-state index in [2.05, 4.69) is 44.5 Å². The van der Waals surface area contributed by atoms with Crippen LogP contribution >= 0.6 is 0 Å². The van der Waals surface area contributed by atoms with Gasteiger partial charge in [-0.05, 0) is 56.8 Å². The number of ether oxygens (including phenoxy) is 1. The van der Waals surface area contributed by atoms with Gasteiger partial charge in [-0.15, -0.1) is 0 Å². The summed E-state index contributed by atoms with van der Waals surface area (Å²) in [5, 5.41) is 7.08. The lowest BCUT2D eigenvalue weighted by Gasteiger charge is -2.30. The number of nitrogens with zero attached hydrogens (tertiary/aromatic N) is 3. The molecule has 6 heteroatoms. The SMILES string of the molecule is CN=C(NCCCN1CCCC(C)C1)NC1CCN(c2ccccc2OC)C1. The van der Waals surface area contributed by atoms with Gasteiger partial charge in [0.15, 0.2) is 5.96 Å². The predicted octanol–water partition coefficient (Wildman–Crippen LogP) is 2.56. The van der Waals surface area contributed by atoms with Crippen LogP contribution in [0.2, 0.25) is 0 Å². The molecule has 0 saturated carbocycles. The van der Waals surface area contributed by atoms with Crippen LogP contribution < -0.4 is 20.3 Å². The van der Waals surface area contributed by atoms with Crippen LogP contribution in [0.1, 0.15) is 32.6 Å². The molecular weight excluding hydrogens is 350 g/mol. The van der Waals surface area contributed by atoms with Crippen molar-refractivity contribution >= 4 is 11.6 Å². The average molecular weight is 388 g/mol. The zero-order valence-electron chi connectivity index (χ0n) is 17.8. The van der Waals surface area contributed by atoms with E-state index in [1.807, 2.05) is 19.2 Å². The first kappa shape index (κ1) is 20.8. The van der Waals surface area contributed by atoms with Crippen molar-refractivity contribution in [3.05, 3.63) is 24.3 Å². The number of hydrogen-bond donors (Lipinski definition) is 2. The summed E-state index contributed by atoms with van der Waals surface area (Å²) < 4.78 is 5.52. The fourth-order valence-corrected chi connectivity index (χ4v) is 4.38. The molecule has 1 aromatic carbocycles. The predicted molar refractivity (Wildman–Crippen MR) is 118 cm³/mol. The number of anilines is 1. The number of likely N-dealkylation sites (tertiary alicyclic amines) is 1. The summed E-state index contributed by atoms with van der Waals surface area (Å²) >= 11 is 0. The van der Waals surface area contributed by atoms with Crippen molar-refractivity contribution in [2.45, 2.75) is 38.6 Å². The third kappa shape index (κ3) is 5.77. The van der Waals surface area contributed by atoms with Crippen molar-refractivity contribution in [3.63, 3.8) is 0 Å². The van der Waals surface area contributed by atoms with Crippen LogP contribution in [0.15, 0.2) is 29.3 Å². The standard InChI is InChI=1S/C22H37N5O/c1-18-8-6-13-26(16-18)14-7-12-24-22(23-2)25-19-11-15-27(17-19)20-9-4-5-10-21(20)28-3/h4-5,9-10,18-19H,6-8,11-17H2,1-3H3,(H2,23,24,25). The molecule has 2 aliphatic heterocycles. The molecule has 2 unspecified atom stereocenters. The number of hydrogen-bond acceptors (Lipinski definition) is 4. The summed E-state index contributed by atoms with van der Waals surface area (Å²) in [7, 11) is 3.59. The number of piperidine rings is 1. The summed E-state index contributed by atoms with van der Waals surface area (Å²) in [6, 6.07) is 8.65. The maximum absolute atomic E-state index is 5.52. The van der Waals surface area contributed by atoms with Gasteiger partial charge in [0, 0.05) is 39.3 Å². The molecule has 2 N–H and O–H groups in total. The minimum absolute atomic E-state index is 0.402. The molecule has 156 valence electrons. The van der Waals surface area contributed by atoms with E-state index in [1.54, 1.807) is 7.11 Å². The number of rotatable bonds is 7. The van der Waals surface area contributed by atoms with E-state index < -0.39 is 0 Å². The van der Waals surface area contributed by atoms with Gasteiger partial charge in [-0.2, -0.15) is 0 Å². The lowest BCUT2D eigenvalue weighted by Crippen LogP contribution is -2.45. The molecule has 0 radical (unpaired) electrons. The Balaban J connectivity index is 1.39. The number of nitrogens with one attached hydrogen (secondary N) is 2. The van der Waals surface area contributed by atoms with Gasteiger partial charge >= 0.3 is 0 Å². The zero-order valence-corrected chi connectivity index (χ0v) is 17.8. The Morgan fingerprint density at radius 1 is 1.21 bits per heavy atom. The maximum atomic E-state index is 5.52. The monoisotopic (exact) mass is 387 g/mol. The van der Waals surface area contributed by atoms with Gasteiger partial charge in [-0.3, -0.25) is 4.99 Å². The number of aliphatic imine (C=N–C) groups is 1. The largest absolute Gasteiger partial charge is 0.495 e. The van der Waals surface area contributed by atoms with Crippen molar-refractivity contribution < 1.29 is 4.74 Å². The first-order valence-electron chi connectivity index (χ1n) is 10.8. The quantitative estimate of drug-likeness (QED) is 0.428. The zero-order chi connectivity index (χ0) is 19.8. The molecular formula is C22H37N5O. The first-order valence-corrected chi connectivity index (χ1v) is 10.8. The third-order valence-corrected chi connectivity index (χ3v) is 5.86. The Hall–Kier alpha value is -1.95. The Morgan fingerprint density at radius 3 is 2.86 bits per heavy atom. The highest BCUT2D eigenvalue weighted by atomic mass is 16.5. The normalized spacial score (nSPS) is 23.7. The van der Waals surface area contributed by atoms with Crippen LogP contribution in [0.3, 0.4) is 0 Å². The number of para-hydroxylation sites is 2. The van der Waals surface area contributed by atoms with E-state index in [-0.39, 0.29) is 0 Å². The van der Waals surface area contributed by atoms with Crippen molar-refractivity contribution in [2.75, 3.05) is 58.3 Å². The van der Waals surface area contributed by atoms with Crippen LogP contribution in [0.25, 0.3) is 0 Å². The molecule has 0 spiro atoms. The molecule has 0 aliphatic carbocycles. The van der Waals surface area contributed by atoms with Crippen molar-refractivity contribution in [1.82, 2.24) is 15.5 Å². The molecule has 2 atom stereocenters. The smallest absolute Gasteiger partial charge is 0.191 e. The topological polar surface area (TPSA) is 52.1 Å². The van der Waals surface area contributed by atoms with Gasteiger partial charge in [0.1, 0.15) is 5.75 Å². The summed E-state index contributed by atoms with van der Waals surface area (Å²) in [6.45, 7) is 9.03. The lowest BCUT2D eigenvalue weighted by atomic mass is 10.0. The average Bonchev–Trinajstić information content (AvgIpc) is 3.18. The molecule has 2 heterocycles. The van der Waals surface area contributed by atoms with Gasteiger partial charge in [0.25, 0.3) is 0 Å². The van der Waals surface area contributed by atoms with E-state index in [0.29, 0.717) is 6.04 Å². The van der Waals surface area contributed by atoms with Gasteiger partial charge in [-0.25, -0.2) is 0 Å². The molecule has 0 amide bonds. The summed E-state index contributed by atoms with van der Waals surface area (Å²) in [5.41, 5.74) is 1.17. The van der Waals surface area contributed by atoms with E-state index in [1.165, 1.54) is 38.2 Å². The van der Waals surface area contributed by atoms with E-state index in [4.69, 9.17) is 4.74 Å². The second-order valence-electron chi connectivity index (χ2n) is 8.15. The fourth-order valence-electron chi connectivity index (χ4n) is 4.38. The summed E-state index contributed by atoms with van der Waals surface area (Å²) in [5.74, 6) is 2.71. The second-order valence-corrected chi connectivity index (χ2v) is 8.15. The van der Waals surface area contributed by atoms with E-state index in [9.17, 15) is 0 Å². The number of guanidine groups is 1. The highest BCUT2D eigenvalue weighted by Gasteiger charge is 2.25. The Morgan fingerprint density at radius 2 is 2.07 bits per heavy atom. The highest BCUT2D eigenvalue weighted by molar-refractivity contribution is 5.80. The maximum Gasteiger partial charge on any atom is 0.191 e. The second kappa shape index (κ2) is 10.6. The molecule has 2 aliphatic rings. The Bertz CT molecular complexity index is 635. The van der Waals surface area contributed by atoms with E-state index >= 15 is 0 Å². The van der Waals surface area contributed by atoms with Crippen LogP contribution in [0.4, 0.5) is 5.69 Å². The summed E-state index contributed by atoms with van der Waals surface area (Å²) in [6.07, 6.45) is 5.00. The van der Waals surface area contributed by atoms with Gasteiger partial charge < -0.3 is 25.2 Å². The molecule has 28 heavy (non-hydrogen) atoms. The molecule has 0 aromatic heterocycles. The van der Waals surface area contributed by atoms with Gasteiger partial charge in [0.2, 0.25) is 0 Å². The van der Waals surface area contributed by atoms with Crippen molar-refractivity contribution in [3.8, 4) is 5.75 Å². The van der Waals surface area contributed by atoms with Crippen LogP contribution in [-0.2, 0) is 0 Å². The highest BCUT2D eigenvalue weighted by Crippen LogP contribution is 2.30. The molecule has 0 bridgehead atoms. The van der Waals surface area contributed by atoms with Crippen LogP contribution in [0.5, 0.6) is 5.75 Å². The van der Waals surface area contributed by atoms with E-state index in [0.717, 1.165) is 50.1 Å². The van der Waals surface area contributed by atoms with Gasteiger partial charge in [-0.1, -0.05) is 19.1 Å². The minimum Gasteiger partial charge on any atom is -0.495 e. The number of methoxy groups -OCH3 is 1. The van der Waals surface area contributed by atoms with Crippen LogP contribution in [-0.4, -0.2) is 70.3 Å². The van der Waals surface area contributed by atoms with Gasteiger partial charge in [0.05, 0.1) is 12.8 Å².